The van der Waals surface area contributed by atoms with Gasteiger partial charge in [-0.1, -0.05) is 19.8 Å². The standard InChI is InChI=1S/C14H23N3OS/c1-9-3-5-11(6-4-9)7-16-13(18)12-8-19-14(17-12)10(2)15/h8-11H,3-7,15H2,1-2H3,(H,16,18). The third-order valence-electron chi connectivity index (χ3n) is 3.83. The Morgan fingerprint density at radius 2 is 2.21 bits per heavy atom. The summed E-state index contributed by atoms with van der Waals surface area (Å²) in [7, 11) is 0. The summed E-state index contributed by atoms with van der Waals surface area (Å²) in [6.07, 6.45) is 5.02. The highest BCUT2D eigenvalue weighted by atomic mass is 32.1. The van der Waals surface area contributed by atoms with E-state index in [4.69, 9.17) is 5.73 Å². The Kier molecular flexibility index (Phi) is 4.93. The summed E-state index contributed by atoms with van der Waals surface area (Å²) in [4.78, 5) is 16.2. The number of aromatic nitrogens is 1. The van der Waals surface area contributed by atoms with Crippen LogP contribution < -0.4 is 11.1 Å². The van der Waals surface area contributed by atoms with E-state index in [2.05, 4.69) is 17.2 Å². The number of hydrogen-bond donors (Lipinski definition) is 2. The lowest BCUT2D eigenvalue weighted by Crippen LogP contribution is -2.31. The van der Waals surface area contributed by atoms with Gasteiger partial charge >= 0.3 is 0 Å². The average molecular weight is 281 g/mol. The van der Waals surface area contributed by atoms with Crippen LogP contribution in [-0.2, 0) is 0 Å². The fraction of sp³-hybridized carbons (Fsp3) is 0.714. The second-order valence-electron chi connectivity index (χ2n) is 5.70. The van der Waals surface area contributed by atoms with Crippen LogP contribution in [0.25, 0.3) is 0 Å². The maximum absolute atomic E-state index is 12.0. The number of thiazole rings is 1. The minimum Gasteiger partial charge on any atom is -0.350 e. The van der Waals surface area contributed by atoms with E-state index in [1.54, 1.807) is 5.38 Å². The van der Waals surface area contributed by atoms with Crippen molar-refractivity contribution in [2.75, 3.05) is 6.54 Å². The number of carbonyl (C=O) groups excluding carboxylic acids is 1. The van der Waals surface area contributed by atoms with Crippen LogP contribution in [0, 0.1) is 11.8 Å². The van der Waals surface area contributed by atoms with Gasteiger partial charge < -0.3 is 11.1 Å². The Bertz CT molecular complexity index is 422. The maximum atomic E-state index is 12.0. The molecule has 1 aromatic heterocycles. The molecule has 0 aromatic carbocycles. The molecular formula is C14H23N3OS. The molecule has 1 heterocycles. The summed E-state index contributed by atoms with van der Waals surface area (Å²) in [5.41, 5.74) is 6.25. The predicted molar refractivity (Wildman–Crippen MR) is 78.2 cm³/mol. The minimum atomic E-state index is -0.105. The van der Waals surface area contributed by atoms with E-state index in [0.717, 1.165) is 17.5 Å². The van der Waals surface area contributed by atoms with Gasteiger partial charge in [-0.2, -0.15) is 0 Å². The summed E-state index contributed by atoms with van der Waals surface area (Å²) >= 11 is 1.45. The summed E-state index contributed by atoms with van der Waals surface area (Å²) in [5, 5.41) is 5.61. The Balaban J connectivity index is 1.80. The highest BCUT2D eigenvalue weighted by Crippen LogP contribution is 2.27. The number of amides is 1. The molecule has 0 saturated heterocycles. The first-order valence-electron chi connectivity index (χ1n) is 7.05. The molecule has 1 fully saturated rings. The molecule has 4 nitrogen and oxygen atoms in total. The van der Waals surface area contributed by atoms with E-state index < -0.39 is 0 Å². The van der Waals surface area contributed by atoms with Crippen LogP contribution >= 0.6 is 11.3 Å². The number of nitrogens with zero attached hydrogens (tertiary/aromatic N) is 1. The van der Waals surface area contributed by atoms with Crippen molar-refractivity contribution in [1.29, 1.82) is 0 Å². The topological polar surface area (TPSA) is 68.0 Å². The minimum absolute atomic E-state index is 0.0678. The lowest BCUT2D eigenvalue weighted by Gasteiger charge is -2.26. The first-order chi connectivity index (χ1) is 9.06. The van der Waals surface area contributed by atoms with E-state index in [1.807, 2.05) is 6.92 Å². The molecule has 2 rings (SSSR count). The zero-order valence-electron chi connectivity index (χ0n) is 11.7. The number of nitrogens with two attached hydrogens (primary N) is 1. The molecule has 1 aliphatic carbocycles. The van der Waals surface area contributed by atoms with Crippen molar-refractivity contribution in [2.24, 2.45) is 17.6 Å². The van der Waals surface area contributed by atoms with Gasteiger partial charge in [0, 0.05) is 11.9 Å². The van der Waals surface area contributed by atoms with Gasteiger partial charge in [-0.15, -0.1) is 11.3 Å². The van der Waals surface area contributed by atoms with Crippen LogP contribution in [0.1, 0.15) is 61.1 Å². The number of nitrogens with one attached hydrogen (secondary N) is 1. The normalized spacial score (nSPS) is 25.0. The third kappa shape index (κ3) is 4.01. The fourth-order valence-corrected chi connectivity index (χ4v) is 3.22. The van der Waals surface area contributed by atoms with Gasteiger partial charge in [-0.3, -0.25) is 4.79 Å². The van der Waals surface area contributed by atoms with Crippen molar-refractivity contribution in [3.05, 3.63) is 16.1 Å². The summed E-state index contributed by atoms with van der Waals surface area (Å²) in [5.74, 6) is 1.41. The molecule has 1 saturated carbocycles. The average Bonchev–Trinajstić information content (AvgIpc) is 2.87. The molecule has 1 amide bonds. The zero-order valence-corrected chi connectivity index (χ0v) is 12.5. The largest absolute Gasteiger partial charge is 0.350 e. The molecule has 0 aliphatic heterocycles. The smallest absolute Gasteiger partial charge is 0.270 e. The van der Waals surface area contributed by atoms with Gasteiger partial charge in [0.05, 0.1) is 6.04 Å². The summed E-state index contributed by atoms with van der Waals surface area (Å²) in [6.45, 7) is 4.96. The van der Waals surface area contributed by atoms with Gasteiger partial charge in [0.25, 0.3) is 5.91 Å². The summed E-state index contributed by atoms with van der Waals surface area (Å²) in [6, 6.07) is -0.105. The molecular weight excluding hydrogens is 258 g/mol. The maximum Gasteiger partial charge on any atom is 0.270 e. The van der Waals surface area contributed by atoms with Crippen molar-refractivity contribution >= 4 is 17.2 Å². The number of hydrogen-bond acceptors (Lipinski definition) is 4. The molecule has 106 valence electrons. The fourth-order valence-electron chi connectivity index (χ4n) is 2.46. The second kappa shape index (κ2) is 6.48. The van der Waals surface area contributed by atoms with E-state index in [9.17, 15) is 4.79 Å². The Morgan fingerprint density at radius 1 is 1.53 bits per heavy atom. The van der Waals surface area contributed by atoms with Crippen LogP contribution in [0.2, 0.25) is 0 Å². The second-order valence-corrected chi connectivity index (χ2v) is 6.59. The monoisotopic (exact) mass is 281 g/mol. The highest BCUT2D eigenvalue weighted by molar-refractivity contribution is 7.09. The molecule has 1 aliphatic rings. The Morgan fingerprint density at radius 3 is 2.79 bits per heavy atom. The van der Waals surface area contributed by atoms with Crippen LogP contribution in [0.15, 0.2) is 5.38 Å². The van der Waals surface area contributed by atoms with E-state index in [1.165, 1.54) is 37.0 Å². The molecule has 0 radical (unpaired) electrons. The summed E-state index contributed by atoms with van der Waals surface area (Å²) < 4.78 is 0. The lowest BCUT2D eigenvalue weighted by molar-refractivity contribution is 0.0937. The molecule has 5 heteroatoms. The quantitative estimate of drug-likeness (QED) is 0.891. The molecule has 19 heavy (non-hydrogen) atoms. The van der Waals surface area contributed by atoms with Gasteiger partial charge in [-0.25, -0.2) is 4.98 Å². The first-order valence-corrected chi connectivity index (χ1v) is 7.93. The van der Waals surface area contributed by atoms with Crippen LogP contribution in [0.4, 0.5) is 0 Å². The highest BCUT2D eigenvalue weighted by Gasteiger charge is 2.19. The van der Waals surface area contributed by atoms with Crippen molar-refractivity contribution < 1.29 is 4.79 Å². The van der Waals surface area contributed by atoms with Gasteiger partial charge in [-0.05, 0) is 31.6 Å². The lowest BCUT2D eigenvalue weighted by atomic mass is 9.83. The molecule has 1 aromatic rings. The van der Waals surface area contributed by atoms with Crippen LogP contribution in [-0.4, -0.2) is 17.4 Å². The number of carbonyl (C=O) groups is 1. The van der Waals surface area contributed by atoms with Crippen molar-refractivity contribution in [3.8, 4) is 0 Å². The Labute approximate surface area is 118 Å². The van der Waals surface area contributed by atoms with Gasteiger partial charge in [0.1, 0.15) is 10.7 Å². The molecule has 0 bridgehead atoms. The van der Waals surface area contributed by atoms with Crippen molar-refractivity contribution in [2.45, 2.75) is 45.6 Å². The zero-order chi connectivity index (χ0) is 13.8. The molecule has 1 unspecified atom stereocenters. The molecule has 3 N–H and O–H groups in total. The van der Waals surface area contributed by atoms with Crippen molar-refractivity contribution in [1.82, 2.24) is 10.3 Å². The predicted octanol–water partition coefficient (Wildman–Crippen LogP) is 2.72. The van der Waals surface area contributed by atoms with Gasteiger partial charge in [0.2, 0.25) is 0 Å². The first kappa shape index (κ1) is 14.5. The Hall–Kier alpha value is -0.940. The van der Waals surface area contributed by atoms with Crippen LogP contribution in [0.5, 0.6) is 0 Å². The third-order valence-corrected chi connectivity index (χ3v) is 4.88. The van der Waals surface area contributed by atoms with E-state index in [0.29, 0.717) is 11.6 Å². The van der Waals surface area contributed by atoms with Crippen molar-refractivity contribution in [3.63, 3.8) is 0 Å². The number of rotatable bonds is 4. The van der Waals surface area contributed by atoms with E-state index >= 15 is 0 Å². The molecule has 0 spiro atoms. The van der Waals surface area contributed by atoms with E-state index in [-0.39, 0.29) is 11.9 Å². The van der Waals surface area contributed by atoms with Gasteiger partial charge in [0.15, 0.2) is 0 Å². The van der Waals surface area contributed by atoms with Crippen LogP contribution in [0.3, 0.4) is 0 Å². The molecule has 1 atom stereocenters. The SMILES string of the molecule is CC1CCC(CNC(=O)c2csc(C(C)N)n2)CC1.